The molecule has 0 fully saturated rings. The molecule has 0 bridgehead atoms. The van der Waals surface area contributed by atoms with Crippen LogP contribution in [-0.4, -0.2) is 27.3 Å². The van der Waals surface area contributed by atoms with Crippen LogP contribution >= 0.6 is 0 Å². The summed E-state index contributed by atoms with van der Waals surface area (Å²) in [4.78, 5) is 17.9. The fourth-order valence-corrected chi connectivity index (χ4v) is 3.49. The summed E-state index contributed by atoms with van der Waals surface area (Å²) in [6, 6.07) is 13.5. The zero-order valence-corrected chi connectivity index (χ0v) is 17.2. The van der Waals surface area contributed by atoms with E-state index < -0.39 is 6.61 Å². The smallest absolute Gasteiger partial charge is 0.387 e. The number of aromatic nitrogens is 3. The fourth-order valence-electron chi connectivity index (χ4n) is 3.49. The maximum absolute atomic E-state index is 13.2. The molecule has 1 amide bonds. The Morgan fingerprint density at radius 3 is 2.58 bits per heavy atom. The third-order valence-corrected chi connectivity index (χ3v) is 4.92. The van der Waals surface area contributed by atoms with Gasteiger partial charge in [-0.05, 0) is 49.7 Å². The maximum atomic E-state index is 13.2. The van der Waals surface area contributed by atoms with Gasteiger partial charge in [-0.25, -0.2) is 4.98 Å². The van der Waals surface area contributed by atoms with E-state index in [1.54, 1.807) is 23.7 Å². The van der Waals surface area contributed by atoms with Crippen molar-refractivity contribution >= 4 is 22.5 Å². The number of carbonyl (C=O) groups excluding carboxylic acids is 1. The number of pyridine rings is 1. The van der Waals surface area contributed by atoms with Crippen LogP contribution in [-0.2, 0) is 7.05 Å². The van der Waals surface area contributed by atoms with Crippen molar-refractivity contribution in [2.45, 2.75) is 20.5 Å². The molecule has 1 N–H and O–H groups in total. The van der Waals surface area contributed by atoms with Crippen LogP contribution in [0.15, 0.2) is 54.7 Å². The van der Waals surface area contributed by atoms with Gasteiger partial charge in [0, 0.05) is 29.9 Å². The number of alkyl halides is 2. The Morgan fingerprint density at radius 1 is 1.13 bits per heavy atom. The number of benzene rings is 2. The highest BCUT2D eigenvalue weighted by molar-refractivity contribution is 6.13. The zero-order valence-electron chi connectivity index (χ0n) is 17.2. The van der Waals surface area contributed by atoms with E-state index in [4.69, 9.17) is 4.98 Å². The normalized spacial score (nSPS) is 11.2. The highest BCUT2D eigenvalue weighted by Gasteiger charge is 2.17. The molecule has 158 valence electrons. The molecule has 0 radical (unpaired) electrons. The van der Waals surface area contributed by atoms with Crippen LogP contribution in [0.4, 0.5) is 14.5 Å². The number of ether oxygens (including phenoxy) is 1. The van der Waals surface area contributed by atoms with Crippen LogP contribution in [0.2, 0.25) is 0 Å². The number of hydrogen-bond donors (Lipinski definition) is 1. The summed E-state index contributed by atoms with van der Waals surface area (Å²) >= 11 is 0. The van der Waals surface area contributed by atoms with Crippen molar-refractivity contribution in [3.63, 3.8) is 0 Å². The van der Waals surface area contributed by atoms with Crippen molar-refractivity contribution in [1.82, 2.24) is 14.8 Å². The molecule has 0 aliphatic carbocycles. The minimum absolute atomic E-state index is 0.0363. The largest absolute Gasteiger partial charge is 0.435 e. The van der Waals surface area contributed by atoms with E-state index in [-0.39, 0.29) is 11.7 Å². The Kier molecular flexibility index (Phi) is 5.37. The lowest BCUT2D eigenvalue weighted by Crippen LogP contribution is -2.14. The van der Waals surface area contributed by atoms with Gasteiger partial charge >= 0.3 is 6.61 Å². The lowest BCUT2D eigenvalue weighted by Gasteiger charge is -2.13. The fraction of sp³-hybridized carbons (Fsp3) is 0.174. The molecule has 0 spiro atoms. The zero-order chi connectivity index (χ0) is 22.1. The lowest BCUT2D eigenvalue weighted by molar-refractivity contribution is -0.0498. The second-order valence-corrected chi connectivity index (χ2v) is 7.18. The average Bonchev–Trinajstić information content (AvgIpc) is 3.06. The number of anilines is 1. The summed E-state index contributed by atoms with van der Waals surface area (Å²) < 4.78 is 31.0. The first-order valence-corrected chi connectivity index (χ1v) is 9.59. The number of halogens is 2. The molecule has 0 unspecified atom stereocenters. The molecule has 4 aromatic rings. The van der Waals surface area contributed by atoms with Crippen molar-refractivity contribution < 1.29 is 18.3 Å². The van der Waals surface area contributed by atoms with E-state index in [9.17, 15) is 13.6 Å². The number of amides is 1. The first kappa shape index (κ1) is 20.5. The monoisotopic (exact) mass is 422 g/mol. The Bertz CT molecular complexity index is 1280. The number of hydrogen-bond acceptors (Lipinski definition) is 4. The predicted molar refractivity (Wildman–Crippen MR) is 114 cm³/mol. The Morgan fingerprint density at radius 2 is 1.90 bits per heavy atom. The molecule has 2 aromatic carbocycles. The topological polar surface area (TPSA) is 69.0 Å². The number of nitrogens with one attached hydrogen (secondary N) is 1. The van der Waals surface area contributed by atoms with Gasteiger partial charge in [-0.3, -0.25) is 9.48 Å². The van der Waals surface area contributed by atoms with Crippen LogP contribution in [0.1, 0.15) is 21.6 Å². The number of nitrogens with zero attached hydrogens (tertiary/aromatic N) is 3. The van der Waals surface area contributed by atoms with Crippen LogP contribution in [0.25, 0.3) is 22.2 Å². The Balaban J connectivity index is 1.73. The quantitative estimate of drug-likeness (QED) is 0.486. The molecule has 0 saturated heterocycles. The molecule has 2 aromatic heterocycles. The molecular formula is C23H20F2N4O2. The molecule has 2 heterocycles. The van der Waals surface area contributed by atoms with Gasteiger partial charge in [0.2, 0.25) is 0 Å². The van der Waals surface area contributed by atoms with E-state index in [2.05, 4.69) is 15.2 Å². The van der Waals surface area contributed by atoms with Crippen LogP contribution in [0, 0.1) is 13.8 Å². The van der Waals surface area contributed by atoms with Crippen molar-refractivity contribution in [2.75, 3.05) is 5.32 Å². The molecule has 6 nitrogen and oxygen atoms in total. The first-order valence-electron chi connectivity index (χ1n) is 9.59. The van der Waals surface area contributed by atoms with Gasteiger partial charge in [0.15, 0.2) is 0 Å². The number of rotatable bonds is 5. The van der Waals surface area contributed by atoms with E-state index >= 15 is 0 Å². The van der Waals surface area contributed by atoms with Gasteiger partial charge in [-0.1, -0.05) is 18.2 Å². The summed E-state index contributed by atoms with van der Waals surface area (Å²) in [5.74, 6) is -0.291. The molecule has 31 heavy (non-hydrogen) atoms. The molecule has 0 saturated carbocycles. The molecule has 0 aliphatic rings. The van der Waals surface area contributed by atoms with Crippen molar-refractivity contribution in [2.24, 2.45) is 7.05 Å². The first-order chi connectivity index (χ1) is 14.8. The van der Waals surface area contributed by atoms with Crippen LogP contribution < -0.4 is 10.1 Å². The van der Waals surface area contributed by atoms with Gasteiger partial charge in [0.05, 0.1) is 22.5 Å². The second-order valence-electron chi connectivity index (χ2n) is 7.18. The van der Waals surface area contributed by atoms with Gasteiger partial charge in [0.25, 0.3) is 5.91 Å². The highest BCUT2D eigenvalue weighted by atomic mass is 19.3. The summed E-state index contributed by atoms with van der Waals surface area (Å²) in [5, 5.41) is 7.94. The maximum Gasteiger partial charge on any atom is 0.387 e. The summed E-state index contributed by atoms with van der Waals surface area (Å²) in [6.45, 7) is 0.693. The number of para-hydroxylation sites is 1. The third-order valence-electron chi connectivity index (χ3n) is 4.92. The summed E-state index contributed by atoms with van der Waals surface area (Å²) in [7, 11) is 1.83. The van der Waals surface area contributed by atoms with Crippen LogP contribution in [0.3, 0.4) is 0 Å². The highest BCUT2D eigenvalue weighted by Crippen LogP contribution is 2.28. The molecular weight excluding hydrogens is 402 g/mol. The Hall–Kier alpha value is -3.81. The van der Waals surface area contributed by atoms with Gasteiger partial charge in [-0.2, -0.15) is 13.9 Å². The second kappa shape index (κ2) is 8.14. The third kappa shape index (κ3) is 4.23. The van der Waals surface area contributed by atoms with Crippen LogP contribution in [0.5, 0.6) is 5.75 Å². The molecule has 0 atom stereocenters. The molecule has 8 heteroatoms. The van der Waals surface area contributed by atoms with Crippen molar-refractivity contribution in [1.29, 1.82) is 0 Å². The van der Waals surface area contributed by atoms with E-state index in [1.165, 1.54) is 12.1 Å². The predicted octanol–water partition coefficient (Wildman–Crippen LogP) is 5.11. The standard InChI is InChI=1S/C23H20F2N4O2/c1-13-10-15(31-23(24)25)8-9-19(13)27-22(30)17-11-21(18-12-29(3)28-14(18)2)26-20-7-5-4-6-16(17)20/h4-12,23H,1-3H3,(H,27,30). The number of carbonyl (C=O) groups is 1. The minimum Gasteiger partial charge on any atom is -0.435 e. The summed E-state index contributed by atoms with van der Waals surface area (Å²) in [5.41, 5.74) is 4.54. The molecule has 0 aliphatic heterocycles. The van der Waals surface area contributed by atoms with Gasteiger partial charge < -0.3 is 10.1 Å². The van der Waals surface area contributed by atoms with Crippen molar-refractivity contribution in [3.8, 4) is 17.0 Å². The SMILES string of the molecule is Cc1cc(OC(F)F)ccc1NC(=O)c1cc(-c2cn(C)nc2C)nc2ccccc12. The van der Waals surface area contributed by atoms with E-state index in [0.717, 1.165) is 11.3 Å². The lowest BCUT2D eigenvalue weighted by atomic mass is 10.0. The van der Waals surface area contributed by atoms with Gasteiger partial charge in [-0.15, -0.1) is 0 Å². The average molecular weight is 422 g/mol. The van der Waals surface area contributed by atoms with Crippen molar-refractivity contribution in [3.05, 3.63) is 71.5 Å². The number of fused-ring (bicyclic) bond motifs is 1. The van der Waals surface area contributed by atoms with E-state index in [1.807, 2.05) is 44.4 Å². The molecule has 4 rings (SSSR count). The Labute approximate surface area is 177 Å². The van der Waals surface area contributed by atoms with E-state index in [0.29, 0.717) is 33.4 Å². The van der Waals surface area contributed by atoms with Gasteiger partial charge in [0.1, 0.15) is 5.75 Å². The number of aryl methyl sites for hydroxylation is 3. The summed E-state index contributed by atoms with van der Waals surface area (Å²) in [6.07, 6.45) is 1.86. The minimum atomic E-state index is -2.91.